The van der Waals surface area contributed by atoms with E-state index in [2.05, 4.69) is 328 Å². The minimum atomic E-state index is 1.07. The molecule has 21 rings (SSSR count). The van der Waals surface area contributed by atoms with E-state index in [4.69, 9.17) is 0 Å². The number of benzene rings is 7. The minimum absolute atomic E-state index is 1.07. The van der Waals surface area contributed by atoms with Gasteiger partial charge in [-0.3, -0.25) is 34.9 Å². The van der Waals surface area contributed by atoms with E-state index < -0.39 is 0 Å². The molecular weight excluding hydrogens is 1380 g/mol. The van der Waals surface area contributed by atoms with Crippen LogP contribution in [0.15, 0.2) is 158 Å². The van der Waals surface area contributed by atoms with Crippen molar-refractivity contribution in [2.75, 3.05) is 0 Å². The van der Waals surface area contributed by atoms with Crippen molar-refractivity contribution < 1.29 is 0 Å². The number of hydrogen-bond donors (Lipinski definition) is 0. The molecule has 7 nitrogen and oxygen atoms in total. The summed E-state index contributed by atoms with van der Waals surface area (Å²) in [5.74, 6) is 0. The van der Waals surface area contributed by atoms with Crippen molar-refractivity contribution in [3.63, 3.8) is 0 Å². The van der Waals surface area contributed by atoms with Crippen LogP contribution in [-0.2, 0) is 44.9 Å². The Morgan fingerprint density at radius 1 is 0.184 bits per heavy atom. The summed E-state index contributed by atoms with van der Waals surface area (Å²) in [4.78, 5) is 31.9. The third-order valence-corrected chi connectivity index (χ3v) is 26.2. The van der Waals surface area contributed by atoms with Crippen LogP contribution in [0.1, 0.15) is 207 Å². The Morgan fingerprint density at radius 3 is 1.09 bits per heavy atom. The molecule has 7 heterocycles. The summed E-state index contributed by atoms with van der Waals surface area (Å²) in [6.45, 7) is 49.4. The number of fused-ring (bicyclic) bond motifs is 21. The number of rotatable bonds is 0. The summed E-state index contributed by atoms with van der Waals surface area (Å²) < 4.78 is 0. The van der Waals surface area contributed by atoms with Gasteiger partial charge in [-0.15, -0.1) is 0 Å². The summed E-state index contributed by atoms with van der Waals surface area (Å²) in [5, 5.41) is 0. The molecule has 0 atom stereocenters. The van der Waals surface area contributed by atoms with E-state index in [1.54, 1.807) is 0 Å². The van der Waals surface area contributed by atoms with Crippen LogP contribution >= 0.6 is 0 Å². The molecule has 0 spiro atoms. The largest absolute Gasteiger partial charge is 0.261 e. The average molecular weight is 1490 g/mol. The zero-order chi connectivity index (χ0) is 80.7. The van der Waals surface area contributed by atoms with Crippen LogP contribution in [0.3, 0.4) is 0 Å². The molecule has 0 unspecified atom stereocenters. The van der Waals surface area contributed by atoms with Gasteiger partial charge < -0.3 is 0 Å². The molecule has 0 amide bonds. The summed E-state index contributed by atoms with van der Waals surface area (Å²) >= 11 is 0. The van der Waals surface area contributed by atoms with Gasteiger partial charge in [0.2, 0.25) is 0 Å². The Labute approximate surface area is 678 Å². The standard InChI is InChI=1S/2C16H17N.5C15H15N/c1-9-5-6-13-8-14-10(2)11(3)17-12(4)16(14)15(13)7-9;1-9-6-5-7-13-8-14-10(2)11(3)17-12(4)16(14)15(9)13;1-9-4-5-13-12(6-9)7-14-10(2)11(3)16-8-15(13)14;1-9-4-5-12-7-13-10(2)11(3)16-8-15(13)14(12)6-9;1-9-5-4-6-12-13(9)7-14-10(2)11(3)16-8-15(12)14;1-9-5-4-6-12-7-13-10(2)11(3)16-8-14(13)15(9)12;1-9-10(2)16-11(3)15-13-7-5-4-6-12(13)8-14(9)15/h2*5-7H,8H2,1-4H3;4*4-6,8H,7H2,1-3H3;4-7H,8H2,1-3H3. The van der Waals surface area contributed by atoms with E-state index in [0.717, 1.165) is 67.7 Å². The number of aromatic nitrogens is 7. The van der Waals surface area contributed by atoms with Crippen LogP contribution in [0.4, 0.5) is 0 Å². The van der Waals surface area contributed by atoms with Crippen molar-refractivity contribution in [3.05, 3.63) is 365 Å². The van der Waals surface area contributed by atoms with E-state index in [-0.39, 0.29) is 0 Å². The van der Waals surface area contributed by atoms with Crippen molar-refractivity contribution in [1.82, 2.24) is 34.9 Å². The Hall–Kier alpha value is -11.4. The first-order chi connectivity index (χ1) is 54.5. The molecule has 7 aliphatic carbocycles. The molecule has 572 valence electrons. The number of pyridine rings is 7. The van der Waals surface area contributed by atoms with E-state index in [9.17, 15) is 0 Å². The fraction of sp³-hybridized carbons (Fsp3) is 0.280. The van der Waals surface area contributed by atoms with Crippen LogP contribution in [-0.4, -0.2) is 34.9 Å². The molecule has 7 aliphatic rings. The van der Waals surface area contributed by atoms with E-state index in [1.807, 2.05) is 24.8 Å². The van der Waals surface area contributed by atoms with Crippen LogP contribution in [0.2, 0.25) is 0 Å². The number of hydrogen-bond acceptors (Lipinski definition) is 7. The first-order valence-electron chi connectivity index (χ1n) is 40.9. The van der Waals surface area contributed by atoms with Crippen molar-refractivity contribution in [3.8, 4) is 77.9 Å². The summed E-state index contributed by atoms with van der Waals surface area (Å²) in [7, 11) is 0. The van der Waals surface area contributed by atoms with Gasteiger partial charge in [0.1, 0.15) is 0 Å². The normalized spacial score (nSPS) is 12.4. The fourth-order valence-electron chi connectivity index (χ4n) is 18.8. The zero-order valence-electron chi connectivity index (χ0n) is 71.6. The lowest BCUT2D eigenvalue weighted by Gasteiger charge is -2.11. The second-order valence-corrected chi connectivity index (χ2v) is 33.4. The van der Waals surface area contributed by atoms with Gasteiger partial charge in [0, 0.05) is 121 Å². The highest BCUT2D eigenvalue weighted by atomic mass is 14.7. The van der Waals surface area contributed by atoms with Crippen LogP contribution < -0.4 is 0 Å². The van der Waals surface area contributed by atoms with Gasteiger partial charge in [0.25, 0.3) is 0 Å². The van der Waals surface area contributed by atoms with Gasteiger partial charge in [-0.2, -0.15) is 0 Å². The lowest BCUT2D eigenvalue weighted by molar-refractivity contribution is 1.06. The van der Waals surface area contributed by atoms with Crippen LogP contribution in [0.5, 0.6) is 0 Å². The molecule has 14 aromatic rings. The molecule has 114 heavy (non-hydrogen) atoms. The van der Waals surface area contributed by atoms with Gasteiger partial charge in [-0.25, -0.2) is 0 Å². The van der Waals surface area contributed by atoms with Gasteiger partial charge in [-0.1, -0.05) is 150 Å². The highest BCUT2D eigenvalue weighted by Gasteiger charge is 2.30. The molecule has 7 aromatic carbocycles. The summed E-state index contributed by atoms with van der Waals surface area (Å²) in [6.07, 6.45) is 15.6. The molecule has 0 radical (unpaired) electrons. The molecule has 0 fully saturated rings. The van der Waals surface area contributed by atoms with Crippen molar-refractivity contribution >= 4 is 0 Å². The maximum Gasteiger partial charge on any atom is 0.0457 e. The zero-order valence-corrected chi connectivity index (χ0v) is 71.6. The highest BCUT2D eigenvalue weighted by molar-refractivity contribution is 5.86. The maximum absolute atomic E-state index is 4.68. The first-order valence-corrected chi connectivity index (χ1v) is 40.9. The second-order valence-electron chi connectivity index (χ2n) is 33.4. The quantitative estimate of drug-likeness (QED) is 0.149. The molecule has 7 heteroatoms. The lowest BCUT2D eigenvalue weighted by Crippen LogP contribution is -1.98. The predicted molar refractivity (Wildman–Crippen MR) is 476 cm³/mol. The smallest absolute Gasteiger partial charge is 0.0457 e. The molecule has 0 saturated heterocycles. The highest BCUT2D eigenvalue weighted by Crippen LogP contribution is 2.47. The first kappa shape index (κ1) is 77.9. The van der Waals surface area contributed by atoms with E-state index in [1.165, 1.54) is 262 Å². The predicted octanol–water partition coefficient (Wildman–Crippen LogP) is 25.7. The van der Waals surface area contributed by atoms with E-state index >= 15 is 0 Å². The minimum Gasteiger partial charge on any atom is -0.261 e. The topological polar surface area (TPSA) is 90.2 Å². The third kappa shape index (κ3) is 14.3. The number of nitrogens with zero attached hydrogens (tertiary/aromatic N) is 7. The fourth-order valence-corrected chi connectivity index (χ4v) is 18.8. The number of aryl methyl sites for hydroxylation is 16. The van der Waals surface area contributed by atoms with Crippen molar-refractivity contribution in [2.45, 2.75) is 204 Å². The SMILES string of the molecule is Cc1ccc2c(c1)-c1c(C)nc(C)c(C)c1C2.Cc1ccc2c(c1)-c1cnc(C)c(C)c1C2.Cc1ccc2c(c1)Cc1c-2cnc(C)c1C.Cc1cccc2c1-c1c(C)nc(C)c(C)c1C2.Cc1cccc2c1-c1cnc(C)c(C)c1C2.Cc1cccc2c1Cc1c-2cnc(C)c1C.Cc1nc(C)c2c(c1C)Cc1ccccc1-2. The molecule has 0 bridgehead atoms. The Kier molecular flexibility index (Phi) is 21.3. The Bertz CT molecular complexity index is 6290. The van der Waals surface area contributed by atoms with Crippen molar-refractivity contribution in [1.29, 1.82) is 0 Å². The maximum atomic E-state index is 4.68. The summed E-state index contributed by atoms with van der Waals surface area (Å²) in [6, 6.07) is 48.6. The van der Waals surface area contributed by atoms with Gasteiger partial charge in [0.15, 0.2) is 0 Å². The molecule has 0 N–H and O–H groups in total. The molecule has 0 saturated carbocycles. The van der Waals surface area contributed by atoms with E-state index in [0.29, 0.717) is 0 Å². The molecular formula is C107H109N7. The van der Waals surface area contributed by atoms with Crippen molar-refractivity contribution in [2.24, 2.45) is 0 Å². The van der Waals surface area contributed by atoms with Crippen LogP contribution in [0.25, 0.3) is 77.9 Å². The molecule has 0 aliphatic heterocycles. The second kappa shape index (κ2) is 31.2. The van der Waals surface area contributed by atoms with Gasteiger partial charge >= 0.3 is 0 Å². The average Bonchev–Trinajstić information content (AvgIpc) is 1.56. The Balaban J connectivity index is 0.000000105. The van der Waals surface area contributed by atoms with Crippen LogP contribution in [0, 0.1) is 159 Å². The molecule has 7 aromatic heterocycles. The van der Waals surface area contributed by atoms with Gasteiger partial charge in [-0.05, 0) is 377 Å². The third-order valence-electron chi connectivity index (χ3n) is 26.2. The van der Waals surface area contributed by atoms with Gasteiger partial charge in [0.05, 0.1) is 0 Å². The summed E-state index contributed by atoms with van der Waals surface area (Å²) in [5.41, 5.74) is 69.0. The lowest BCUT2D eigenvalue weighted by atomic mass is 9.97. The Morgan fingerprint density at radius 2 is 0.526 bits per heavy atom. The monoisotopic (exact) mass is 1490 g/mol.